The van der Waals surface area contributed by atoms with E-state index in [1.807, 2.05) is 19.1 Å². The number of aryl methyl sites for hydroxylation is 1. The smallest absolute Gasteiger partial charge is 0.112 e. The number of nitrogens with one attached hydrogen (secondary N) is 1. The first kappa shape index (κ1) is 9.15. The zero-order valence-electron chi connectivity index (χ0n) is 7.90. The third-order valence-corrected chi connectivity index (χ3v) is 2.74. The van der Waals surface area contributed by atoms with Gasteiger partial charge in [0.2, 0.25) is 0 Å². The second-order valence-electron chi connectivity index (χ2n) is 2.98. The Morgan fingerprint density at radius 1 is 1.50 bits per heavy atom. The van der Waals surface area contributed by atoms with Crippen LogP contribution in [0.1, 0.15) is 10.7 Å². The first-order chi connectivity index (χ1) is 6.84. The number of rotatable bonds is 3. The highest BCUT2D eigenvalue weighted by Gasteiger charge is 1.97. The molecule has 0 aliphatic carbocycles. The van der Waals surface area contributed by atoms with Gasteiger partial charge in [0.05, 0.1) is 12.2 Å². The topological polar surface area (TPSA) is 37.8 Å². The molecule has 0 bridgehead atoms. The van der Waals surface area contributed by atoms with Crippen LogP contribution in [0.4, 0.5) is 5.69 Å². The zero-order valence-corrected chi connectivity index (χ0v) is 8.71. The van der Waals surface area contributed by atoms with Gasteiger partial charge in [-0.25, -0.2) is 4.98 Å². The molecule has 4 heteroatoms. The molecule has 0 fully saturated rings. The summed E-state index contributed by atoms with van der Waals surface area (Å²) in [6.45, 7) is 2.77. The van der Waals surface area contributed by atoms with E-state index in [2.05, 4.69) is 20.7 Å². The van der Waals surface area contributed by atoms with E-state index in [9.17, 15) is 0 Å². The lowest BCUT2D eigenvalue weighted by Crippen LogP contribution is -1.98. The molecule has 0 unspecified atom stereocenters. The van der Waals surface area contributed by atoms with E-state index in [1.54, 1.807) is 23.7 Å². The molecule has 0 saturated heterocycles. The fourth-order valence-electron chi connectivity index (χ4n) is 1.13. The van der Waals surface area contributed by atoms with Crippen molar-refractivity contribution in [1.29, 1.82) is 0 Å². The van der Waals surface area contributed by atoms with Gasteiger partial charge < -0.3 is 5.32 Å². The van der Waals surface area contributed by atoms with Crippen LogP contribution in [0.15, 0.2) is 29.9 Å². The van der Waals surface area contributed by atoms with Crippen LogP contribution < -0.4 is 5.32 Å². The maximum Gasteiger partial charge on any atom is 0.112 e. The second-order valence-corrected chi connectivity index (χ2v) is 3.92. The van der Waals surface area contributed by atoms with E-state index in [1.165, 1.54) is 0 Å². The quantitative estimate of drug-likeness (QED) is 0.836. The molecule has 2 heterocycles. The molecule has 0 atom stereocenters. The minimum absolute atomic E-state index is 0.768. The summed E-state index contributed by atoms with van der Waals surface area (Å²) in [5.74, 6) is 0. The molecule has 0 aromatic carbocycles. The van der Waals surface area contributed by atoms with E-state index in [-0.39, 0.29) is 0 Å². The SMILES string of the molecule is Cc1csc(CNc2cccnc2)n1. The Hall–Kier alpha value is -1.42. The molecule has 3 nitrogen and oxygen atoms in total. The number of aromatic nitrogens is 2. The summed E-state index contributed by atoms with van der Waals surface area (Å²) < 4.78 is 0. The molecule has 0 amide bonds. The van der Waals surface area contributed by atoms with Crippen LogP contribution in [0.3, 0.4) is 0 Å². The Balaban J connectivity index is 1.95. The lowest BCUT2D eigenvalue weighted by molar-refractivity contribution is 1.07. The molecule has 2 aromatic heterocycles. The van der Waals surface area contributed by atoms with Gasteiger partial charge in [-0.2, -0.15) is 0 Å². The van der Waals surface area contributed by atoms with Crippen molar-refractivity contribution in [3.8, 4) is 0 Å². The minimum atomic E-state index is 0.768. The van der Waals surface area contributed by atoms with E-state index in [0.29, 0.717) is 0 Å². The number of nitrogens with zero attached hydrogens (tertiary/aromatic N) is 2. The molecule has 0 aliphatic rings. The lowest BCUT2D eigenvalue weighted by Gasteiger charge is -2.01. The van der Waals surface area contributed by atoms with Crippen molar-refractivity contribution >= 4 is 17.0 Å². The van der Waals surface area contributed by atoms with Crippen LogP contribution in [-0.4, -0.2) is 9.97 Å². The molecule has 2 aromatic rings. The number of hydrogen-bond acceptors (Lipinski definition) is 4. The maximum absolute atomic E-state index is 4.36. The van der Waals surface area contributed by atoms with Gasteiger partial charge in [0, 0.05) is 23.5 Å². The molecule has 14 heavy (non-hydrogen) atoms. The van der Waals surface area contributed by atoms with Crippen molar-refractivity contribution in [3.05, 3.63) is 40.6 Å². The normalized spacial score (nSPS) is 10.1. The summed E-state index contributed by atoms with van der Waals surface area (Å²) in [5, 5.41) is 6.42. The van der Waals surface area contributed by atoms with Crippen LogP contribution in [0.2, 0.25) is 0 Å². The fraction of sp³-hybridized carbons (Fsp3) is 0.200. The first-order valence-electron chi connectivity index (χ1n) is 4.39. The standard InChI is InChI=1S/C10H11N3S/c1-8-7-14-10(13-8)6-12-9-3-2-4-11-5-9/h2-5,7,12H,6H2,1H3. The van der Waals surface area contributed by atoms with Crippen LogP contribution in [0, 0.1) is 6.92 Å². The van der Waals surface area contributed by atoms with Crippen LogP contribution in [0.25, 0.3) is 0 Å². The highest BCUT2D eigenvalue weighted by Crippen LogP contribution is 2.11. The van der Waals surface area contributed by atoms with Crippen molar-refractivity contribution in [2.24, 2.45) is 0 Å². The van der Waals surface area contributed by atoms with Crippen molar-refractivity contribution < 1.29 is 0 Å². The van der Waals surface area contributed by atoms with Crippen molar-refractivity contribution in [3.63, 3.8) is 0 Å². The Morgan fingerprint density at radius 3 is 3.07 bits per heavy atom. The molecular weight excluding hydrogens is 194 g/mol. The summed E-state index contributed by atoms with van der Waals surface area (Å²) >= 11 is 1.67. The van der Waals surface area contributed by atoms with E-state index < -0.39 is 0 Å². The van der Waals surface area contributed by atoms with Gasteiger partial charge in [0.15, 0.2) is 0 Å². The summed E-state index contributed by atoms with van der Waals surface area (Å²) in [6.07, 6.45) is 3.57. The van der Waals surface area contributed by atoms with Crippen LogP contribution >= 0.6 is 11.3 Å². The summed E-state index contributed by atoms with van der Waals surface area (Å²) in [5.41, 5.74) is 2.11. The Labute approximate surface area is 86.8 Å². The van der Waals surface area contributed by atoms with Gasteiger partial charge >= 0.3 is 0 Å². The molecule has 0 spiro atoms. The van der Waals surface area contributed by atoms with Gasteiger partial charge in [-0.15, -0.1) is 11.3 Å². The summed E-state index contributed by atoms with van der Waals surface area (Å²) in [6, 6.07) is 3.91. The van der Waals surface area contributed by atoms with Crippen molar-refractivity contribution in [2.75, 3.05) is 5.32 Å². The predicted molar refractivity (Wildman–Crippen MR) is 58.4 cm³/mol. The monoisotopic (exact) mass is 205 g/mol. The molecule has 2 rings (SSSR count). The first-order valence-corrected chi connectivity index (χ1v) is 5.27. The third kappa shape index (κ3) is 2.29. The largest absolute Gasteiger partial charge is 0.377 e. The van der Waals surface area contributed by atoms with E-state index in [0.717, 1.165) is 22.9 Å². The highest BCUT2D eigenvalue weighted by atomic mass is 32.1. The molecular formula is C10H11N3S. The Kier molecular flexibility index (Phi) is 2.74. The van der Waals surface area contributed by atoms with Crippen molar-refractivity contribution in [2.45, 2.75) is 13.5 Å². The van der Waals surface area contributed by atoms with Gasteiger partial charge in [0.25, 0.3) is 0 Å². The fourth-order valence-corrected chi connectivity index (χ4v) is 1.84. The molecule has 0 radical (unpaired) electrons. The van der Waals surface area contributed by atoms with E-state index >= 15 is 0 Å². The van der Waals surface area contributed by atoms with Crippen molar-refractivity contribution in [1.82, 2.24) is 9.97 Å². The number of thiazole rings is 1. The van der Waals surface area contributed by atoms with Crippen LogP contribution in [-0.2, 0) is 6.54 Å². The maximum atomic E-state index is 4.36. The lowest BCUT2D eigenvalue weighted by atomic mass is 10.4. The highest BCUT2D eigenvalue weighted by molar-refractivity contribution is 7.09. The number of hydrogen-bond donors (Lipinski definition) is 1. The van der Waals surface area contributed by atoms with E-state index in [4.69, 9.17) is 0 Å². The van der Waals surface area contributed by atoms with Gasteiger partial charge in [-0.3, -0.25) is 4.98 Å². The molecule has 72 valence electrons. The Bertz CT molecular complexity index is 397. The summed E-state index contributed by atoms with van der Waals surface area (Å²) in [7, 11) is 0. The molecule has 0 aliphatic heterocycles. The summed E-state index contributed by atoms with van der Waals surface area (Å²) in [4.78, 5) is 8.38. The second kappa shape index (κ2) is 4.19. The molecule has 0 saturated carbocycles. The van der Waals surface area contributed by atoms with Gasteiger partial charge in [-0.1, -0.05) is 0 Å². The average Bonchev–Trinajstić information content (AvgIpc) is 2.63. The third-order valence-electron chi connectivity index (χ3n) is 1.77. The molecule has 1 N–H and O–H groups in total. The zero-order chi connectivity index (χ0) is 9.80. The Morgan fingerprint density at radius 2 is 2.43 bits per heavy atom. The average molecular weight is 205 g/mol. The predicted octanol–water partition coefficient (Wildman–Crippen LogP) is 2.46. The van der Waals surface area contributed by atoms with Gasteiger partial charge in [-0.05, 0) is 19.1 Å². The van der Waals surface area contributed by atoms with Crippen LogP contribution in [0.5, 0.6) is 0 Å². The number of pyridine rings is 1. The van der Waals surface area contributed by atoms with Gasteiger partial charge in [0.1, 0.15) is 5.01 Å². The number of anilines is 1. The minimum Gasteiger partial charge on any atom is -0.377 e.